The molecule has 3 N–H and O–H groups in total. The van der Waals surface area contributed by atoms with Crippen molar-refractivity contribution in [2.45, 2.75) is 52.6 Å². The lowest BCUT2D eigenvalue weighted by Gasteiger charge is -2.19. The van der Waals surface area contributed by atoms with Crippen LogP contribution < -0.4 is 11.1 Å². The zero-order valence-corrected chi connectivity index (χ0v) is 12.7. The minimum Gasteiger partial charge on any atom is -0.351 e. The van der Waals surface area contributed by atoms with Crippen LogP contribution in [-0.2, 0) is 16.8 Å². The van der Waals surface area contributed by atoms with Crippen LogP contribution in [0.2, 0.25) is 0 Å². The summed E-state index contributed by atoms with van der Waals surface area (Å²) in [6.45, 7) is 11.0. The summed E-state index contributed by atoms with van der Waals surface area (Å²) in [4.78, 5) is 11.7. The minimum atomic E-state index is -0.436. The summed E-state index contributed by atoms with van der Waals surface area (Å²) in [5.41, 5.74) is 8.34. The van der Waals surface area contributed by atoms with E-state index < -0.39 is 6.04 Å². The van der Waals surface area contributed by atoms with E-state index in [-0.39, 0.29) is 17.2 Å². The average molecular weight is 262 g/mol. The summed E-state index contributed by atoms with van der Waals surface area (Å²) in [6, 6.07) is 7.91. The van der Waals surface area contributed by atoms with E-state index in [9.17, 15) is 4.79 Å². The SMILES string of the molecule is CC(C)C(N)C(=O)NCc1ccc(C(C)(C)C)cc1. The number of benzene rings is 1. The number of nitrogens with one attached hydrogen (secondary N) is 1. The Morgan fingerprint density at radius 1 is 1.21 bits per heavy atom. The van der Waals surface area contributed by atoms with Crippen molar-refractivity contribution in [3.8, 4) is 0 Å². The van der Waals surface area contributed by atoms with Gasteiger partial charge in [-0.05, 0) is 22.5 Å². The first-order valence-electron chi connectivity index (χ1n) is 6.84. The number of nitrogens with two attached hydrogens (primary N) is 1. The Bertz CT molecular complexity index is 415. The summed E-state index contributed by atoms with van der Waals surface area (Å²) in [6.07, 6.45) is 0. The molecular formula is C16H26N2O. The quantitative estimate of drug-likeness (QED) is 0.876. The van der Waals surface area contributed by atoms with Crippen molar-refractivity contribution >= 4 is 5.91 Å². The zero-order chi connectivity index (χ0) is 14.6. The molecule has 1 unspecified atom stereocenters. The Balaban J connectivity index is 2.58. The Morgan fingerprint density at radius 3 is 2.16 bits per heavy atom. The van der Waals surface area contributed by atoms with Gasteiger partial charge in [0.05, 0.1) is 6.04 Å². The molecule has 0 saturated carbocycles. The molecular weight excluding hydrogens is 236 g/mol. The predicted molar refractivity (Wildman–Crippen MR) is 79.8 cm³/mol. The first-order chi connectivity index (χ1) is 8.71. The maximum absolute atomic E-state index is 11.7. The van der Waals surface area contributed by atoms with E-state index >= 15 is 0 Å². The Kier molecular flexibility index (Phi) is 5.12. The first kappa shape index (κ1) is 15.7. The summed E-state index contributed by atoms with van der Waals surface area (Å²) in [7, 11) is 0. The second-order valence-electron chi connectivity index (χ2n) is 6.43. The highest BCUT2D eigenvalue weighted by Gasteiger charge is 2.17. The summed E-state index contributed by atoms with van der Waals surface area (Å²) in [5, 5.41) is 2.87. The van der Waals surface area contributed by atoms with Crippen LogP contribution in [-0.4, -0.2) is 11.9 Å². The summed E-state index contributed by atoms with van der Waals surface area (Å²) in [5.74, 6) is 0.0677. The van der Waals surface area contributed by atoms with E-state index in [4.69, 9.17) is 5.73 Å². The second-order valence-corrected chi connectivity index (χ2v) is 6.43. The van der Waals surface area contributed by atoms with Crippen molar-refractivity contribution in [3.05, 3.63) is 35.4 Å². The molecule has 1 aromatic rings. The molecule has 0 spiro atoms. The lowest BCUT2D eigenvalue weighted by Crippen LogP contribution is -2.43. The van der Waals surface area contributed by atoms with Gasteiger partial charge in [-0.1, -0.05) is 58.9 Å². The molecule has 0 aliphatic carbocycles. The maximum Gasteiger partial charge on any atom is 0.237 e. The fraction of sp³-hybridized carbons (Fsp3) is 0.562. The molecule has 0 bridgehead atoms. The minimum absolute atomic E-state index is 0.0881. The van der Waals surface area contributed by atoms with Crippen LogP contribution in [0.3, 0.4) is 0 Å². The Labute approximate surface area is 116 Å². The van der Waals surface area contributed by atoms with E-state index in [1.54, 1.807) is 0 Å². The van der Waals surface area contributed by atoms with E-state index in [2.05, 4.69) is 50.4 Å². The van der Waals surface area contributed by atoms with Gasteiger partial charge < -0.3 is 11.1 Å². The van der Waals surface area contributed by atoms with Crippen molar-refractivity contribution in [1.82, 2.24) is 5.32 Å². The molecule has 0 aliphatic heterocycles. The molecule has 19 heavy (non-hydrogen) atoms. The highest BCUT2D eigenvalue weighted by Crippen LogP contribution is 2.22. The molecule has 1 rings (SSSR count). The fourth-order valence-corrected chi connectivity index (χ4v) is 1.73. The first-order valence-corrected chi connectivity index (χ1v) is 6.84. The highest BCUT2D eigenvalue weighted by molar-refractivity contribution is 5.81. The fourth-order valence-electron chi connectivity index (χ4n) is 1.73. The Hall–Kier alpha value is -1.35. The molecule has 106 valence electrons. The molecule has 0 radical (unpaired) electrons. The van der Waals surface area contributed by atoms with Gasteiger partial charge in [-0.25, -0.2) is 0 Å². The van der Waals surface area contributed by atoms with E-state index in [1.165, 1.54) is 5.56 Å². The molecule has 0 aromatic heterocycles. The number of hydrogen-bond acceptors (Lipinski definition) is 2. The van der Waals surface area contributed by atoms with E-state index in [1.807, 2.05) is 13.8 Å². The van der Waals surface area contributed by atoms with Gasteiger partial charge in [0, 0.05) is 6.54 Å². The van der Waals surface area contributed by atoms with Crippen molar-refractivity contribution in [2.75, 3.05) is 0 Å². The van der Waals surface area contributed by atoms with E-state index in [0.717, 1.165) is 5.56 Å². The largest absolute Gasteiger partial charge is 0.351 e. The third-order valence-electron chi connectivity index (χ3n) is 3.31. The topological polar surface area (TPSA) is 55.1 Å². The van der Waals surface area contributed by atoms with Crippen LogP contribution in [0.25, 0.3) is 0 Å². The number of carbonyl (C=O) groups is 1. The third kappa shape index (κ3) is 4.67. The second kappa shape index (κ2) is 6.20. The van der Waals surface area contributed by atoms with Gasteiger partial charge in [0.2, 0.25) is 5.91 Å². The van der Waals surface area contributed by atoms with Gasteiger partial charge in [0.15, 0.2) is 0 Å². The van der Waals surface area contributed by atoms with Crippen LogP contribution in [0.5, 0.6) is 0 Å². The van der Waals surface area contributed by atoms with Gasteiger partial charge in [0.1, 0.15) is 0 Å². The lowest BCUT2D eigenvalue weighted by atomic mass is 9.87. The van der Waals surface area contributed by atoms with Gasteiger partial charge >= 0.3 is 0 Å². The summed E-state index contributed by atoms with van der Waals surface area (Å²) >= 11 is 0. The van der Waals surface area contributed by atoms with Crippen molar-refractivity contribution in [3.63, 3.8) is 0 Å². The van der Waals surface area contributed by atoms with Crippen LogP contribution in [0.1, 0.15) is 45.7 Å². The molecule has 3 heteroatoms. The van der Waals surface area contributed by atoms with Gasteiger partial charge in [-0.15, -0.1) is 0 Å². The standard InChI is InChI=1S/C16H26N2O/c1-11(2)14(17)15(19)18-10-12-6-8-13(9-7-12)16(3,4)5/h6-9,11,14H,10,17H2,1-5H3,(H,18,19). The lowest BCUT2D eigenvalue weighted by molar-refractivity contribution is -0.123. The maximum atomic E-state index is 11.7. The molecule has 0 aliphatic rings. The third-order valence-corrected chi connectivity index (χ3v) is 3.31. The molecule has 1 atom stereocenters. The van der Waals surface area contributed by atoms with E-state index in [0.29, 0.717) is 6.54 Å². The van der Waals surface area contributed by atoms with Crippen LogP contribution in [0, 0.1) is 5.92 Å². The zero-order valence-electron chi connectivity index (χ0n) is 12.7. The van der Waals surface area contributed by atoms with Crippen molar-refractivity contribution in [1.29, 1.82) is 0 Å². The number of amides is 1. The normalized spacial score (nSPS) is 13.4. The molecule has 3 nitrogen and oxygen atoms in total. The van der Waals surface area contributed by atoms with Crippen LogP contribution >= 0.6 is 0 Å². The molecule has 0 heterocycles. The molecule has 0 fully saturated rings. The van der Waals surface area contributed by atoms with Crippen molar-refractivity contribution in [2.24, 2.45) is 11.7 Å². The molecule has 0 saturated heterocycles. The Morgan fingerprint density at radius 2 is 1.74 bits per heavy atom. The average Bonchev–Trinajstić information content (AvgIpc) is 2.34. The van der Waals surface area contributed by atoms with Gasteiger partial charge in [0.25, 0.3) is 0 Å². The molecule has 1 amide bonds. The number of hydrogen-bond donors (Lipinski definition) is 2. The van der Waals surface area contributed by atoms with Gasteiger partial charge in [-0.2, -0.15) is 0 Å². The van der Waals surface area contributed by atoms with Gasteiger partial charge in [-0.3, -0.25) is 4.79 Å². The van der Waals surface area contributed by atoms with Crippen LogP contribution in [0.4, 0.5) is 0 Å². The highest BCUT2D eigenvalue weighted by atomic mass is 16.2. The molecule has 1 aromatic carbocycles. The smallest absolute Gasteiger partial charge is 0.237 e. The van der Waals surface area contributed by atoms with Crippen LogP contribution in [0.15, 0.2) is 24.3 Å². The predicted octanol–water partition coefficient (Wildman–Crippen LogP) is 2.58. The number of carbonyl (C=O) groups excluding carboxylic acids is 1. The summed E-state index contributed by atoms with van der Waals surface area (Å²) < 4.78 is 0. The number of rotatable bonds is 4. The van der Waals surface area contributed by atoms with Crippen molar-refractivity contribution < 1.29 is 4.79 Å². The monoisotopic (exact) mass is 262 g/mol.